The molecule has 1 aliphatic rings. The standard InChI is InChI=1S/C22H21FN6O.C18H16FN5.C17H13F2N5.C17H12F2N4/c1-22(23)7-11-29(12-8-22)21(30)17-4-2-3-14-13-15(5-6-16(14)17)26-20-18-19(27-28-20)25-10-9-24-18;1-18(2,19)15-13-6-5-12(10-11(13)7-9-20-15)22-17-14-4-3-8-21-16(14)23-24-17;1-17(18,19)14-12-5-4-11(9-10(12)6-8-20-14)22-16-13-3-2-7-21-15(13)23-24-16;18-16(19)15-12-6-5-11(9-10(12)7-8-20-15)21-17-13-3-1-2-4-14(13)22-23-17/h2-6,9-10,13H,7-8,11-12H2,1H3,(H2,25,26,27,28);3-10H,1-2H3,(H2,21,22,23,24);2-9H,1H3,(H2,21,22,23,24);1-9,16H,(H2,21,22,23). The Labute approximate surface area is 570 Å². The SMILES string of the molecule is CC(C)(F)c1nccc2cc(Nc3[nH]nc4ncccc34)ccc12.CC(F)(F)c1nccc2cc(Nc3[nH]nc4ncccc34)ccc12.CC1(F)CCN(C(=O)c2cccc3cc(Nc4[nH]nc5nccnc45)ccc23)CC1.FC(F)c1nccc2cc(Nc3n[nH]c4ccccc34)ccc12. The first-order valence-corrected chi connectivity index (χ1v) is 32.0. The lowest BCUT2D eigenvalue weighted by molar-refractivity contribution is 0.0145. The Morgan fingerprint density at radius 2 is 0.960 bits per heavy atom. The Hall–Kier alpha value is -12.7. The number of carbonyl (C=O) groups is 1. The smallest absolute Gasteiger partial charge is 0.287 e. The number of H-pyrrole nitrogens is 4. The first-order valence-electron chi connectivity index (χ1n) is 32.0. The Morgan fingerprint density at radius 3 is 1.57 bits per heavy atom. The summed E-state index contributed by atoms with van der Waals surface area (Å²) in [5.41, 5.74) is 4.66. The molecule has 1 amide bonds. The minimum Gasteiger partial charge on any atom is -0.340 e. The summed E-state index contributed by atoms with van der Waals surface area (Å²) < 4.78 is 81.7. The highest BCUT2D eigenvalue weighted by molar-refractivity contribution is 6.08. The number of para-hydroxylation sites is 1. The van der Waals surface area contributed by atoms with E-state index in [0.29, 0.717) is 98.6 Å². The first-order chi connectivity index (χ1) is 48.8. The van der Waals surface area contributed by atoms with Crippen LogP contribution >= 0.6 is 0 Å². The number of hydrogen-bond donors (Lipinski definition) is 8. The van der Waals surface area contributed by atoms with Gasteiger partial charge in [0.05, 0.1) is 22.0 Å². The third kappa shape index (κ3) is 14.2. The van der Waals surface area contributed by atoms with Crippen molar-refractivity contribution in [1.82, 2.24) is 80.6 Å². The number of nitrogens with zero attached hydrogens (tertiary/aromatic N) is 12. The average molecular weight is 1360 g/mol. The molecule has 1 fully saturated rings. The normalized spacial score (nSPS) is 13.1. The van der Waals surface area contributed by atoms with E-state index in [1.54, 1.807) is 85.3 Å². The van der Waals surface area contributed by atoms with Gasteiger partial charge < -0.3 is 26.2 Å². The van der Waals surface area contributed by atoms with Crippen LogP contribution in [0.15, 0.2) is 201 Å². The minimum atomic E-state index is -2.99. The summed E-state index contributed by atoms with van der Waals surface area (Å²) in [6.45, 7) is 6.38. The molecule has 0 radical (unpaired) electrons. The molecule has 101 heavy (non-hydrogen) atoms. The molecule has 27 heteroatoms. The molecule has 0 unspecified atom stereocenters. The second kappa shape index (κ2) is 27.3. The average Bonchev–Trinajstić information content (AvgIpc) is 1.35. The molecule has 17 rings (SSSR count). The van der Waals surface area contributed by atoms with Crippen LogP contribution in [0.25, 0.3) is 87.2 Å². The van der Waals surface area contributed by atoms with Gasteiger partial charge in [0.2, 0.25) is 5.65 Å². The molecule has 0 bridgehead atoms. The monoisotopic (exact) mass is 1360 g/mol. The van der Waals surface area contributed by atoms with Gasteiger partial charge in [0.1, 0.15) is 34.4 Å². The Bertz CT molecular complexity index is 5530. The highest BCUT2D eigenvalue weighted by atomic mass is 19.3. The quantitative estimate of drug-likeness (QED) is 0.0528. The molecule has 10 aromatic heterocycles. The lowest BCUT2D eigenvalue weighted by Crippen LogP contribution is -2.43. The van der Waals surface area contributed by atoms with Crippen molar-refractivity contribution in [3.63, 3.8) is 0 Å². The largest absolute Gasteiger partial charge is 0.340 e. The maximum atomic E-state index is 14.3. The summed E-state index contributed by atoms with van der Waals surface area (Å²) in [6, 6.07) is 48.3. The zero-order chi connectivity index (χ0) is 70.0. The van der Waals surface area contributed by atoms with Crippen LogP contribution in [0.2, 0.25) is 0 Å². The number of alkyl halides is 6. The Morgan fingerprint density at radius 1 is 0.465 bits per heavy atom. The summed E-state index contributed by atoms with van der Waals surface area (Å²) in [5, 5.41) is 50.0. The van der Waals surface area contributed by atoms with E-state index in [4.69, 9.17) is 0 Å². The number of anilines is 8. The lowest BCUT2D eigenvalue weighted by atomic mass is 9.94. The van der Waals surface area contributed by atoms with Crippen LogP contribution in [-0.2, 0) is 11.6 Å². The van der Waals surface area contributed by atoms with E-state index >= 15 is 0 Å². The van der Waals surface area contributed by atoms with Crippen molar-refractivity contribution in [3.05, 3.63) is 224 Å². The minimum absolute atomic E-state index is 0.0494. The van der Waals surface area contributed by atoms with E-state index in [0.717, 1.165) is 78.7 Å². The number of amides is 1. The Kier molecular flexibility index (Phi) is 17.7. The summed E-state index contributed by atoms with van der Waals surface area (Å²) in [6.07, 6.45) is 9.18. The molecule has 21 nitrogen and oxygen atoms in total. The summed E-state index contributed by atoms with van der Waals surface area (Å²) in [4.78, 5) is 43.4. The van der Waals surface area contributed by atoms with Gasteiger partial charge in [-0.05, 0) is 170 Å². The van der Waals surface area contributed by atoms with E-state index < -0.39 is 23.7 Å². The van der Waals surface area contributed by atoms with E-state index in [-0.39, 0.29) is 17.3 Å². The molecular weight excluding hydrogens is 1300 g/mol. The van der Waals surface area contributed by atoms with Crippen molar-refractivity contribution in [2.24, 2.45) is 0 Å². The molecule has 11 heterocycles. The third-order valence-electron chi connectivity index (χ3n) is 17.1. The van der Waals surface area contributed by atoms with Gasteiger partial charge in [0.15, 0.2) is 28.4 Å². The van der Waals surface area contributed by atoms with Crippen LogP contribution in [0.5, 0.6) is 0 Å². The van der Waals surface area contributed by atoms with Gasteiger partial charge in [-0.1, -0.05) is 48.5 Å². The predicted octanol–water partition coefficient (Wildman–Crippen LogP) is 17.8. The van der Waals surface area contributed by atoms with Gasteiger partial charge in [-0.25, -0.2) is 37.5 Å². The predicted molar refractivity (Wildman–Crippen MR) is 381 cm³/mol. The molecule has 506 valence electrons. The maximum Gasteiger partial charge on any atom is 0.287 e. The number of carbonyl (C=O) groups excluding carboxylic acids is 1. The van der Waals surface area contributed by atoms with Crippen molar-refractivity contribution < 1.29 is 31.1 Å². The van der Waals surface area contributed by atoms with Gasteiger partial charge in [-0.3, -0.25) is 40.1 Å². The fraction of sp³-hybridized carbons (Fsp3) is 0.162. The fourth-order valence-electron chi connectivity index (χ4n) is 12.0. The van der Waals surface area contributed by atoms with Crippen molar-refractivity contribution in [2.45, 2.75) is 64.2 Å². The van der Waals surface area contributed by atoms with E-state index in [9.17, 15) is 31.1 Å². The van der Waals surface area contributed by atoms with Gasteiger partial charge in [0, 0.05) is 113 Å². The van der Waals surface area contributed by atoms with Gasteiger partial charge in [0.25, 0.3) is 18.3 Å². The van der Waals surface area contributed by atoms with Crippen LogP contribution < -0.4 is 21.3 Å². The fourth-order valence-corrected chi connectivity index (χ4v) is 12.0. The highest BCUT2D eigenvalue weighted by Gasteiger charge is 2.33. The van der Waals surface area contributed by atoms with Crippen LogP contribution in [0.4, 0.5) is 72.4 Å². The molecule has 0 saturated carbocycles. The van der Waals surface area contributed by atoms with Crippen molar-refractivity contribution >= 4 is 139 Å². The van der Waals surface area contributed by atoms with Crippen LogP contribution in [0, 0.1) is 0 Å². The highest BCUT2D eigenvalue weighted by Crippen LogP contribution is 2.37. The second-order valence-corrected chi connectivity index (χ2v) is 24.8. The molecule has 0 spiro atoms. The zero-order valence-electron chi connectivity index (χ0n) is 54.5. The number of benzene rings is 6. The van der Waals surface area contributed by atoms with E-state index in [1.807, 2.05) is 115 Å². The second-order valence-electron chi connectivity index (χ2n) is 24.8. The van der Waals surface area contributed by atoms with Crippen LogP contribution in [0.3, 0.4) is 0 Å². The molecule has 0 atom stereocenters. The number of aromatic nitrogens is 15. The molecule has 0 aliphatic carbocycles. The number of piperidine rings is 1. The van der Waals surface area contributed by atoms with Gasteiger partial charge >= 0.3 is 0 Å². The first kappa shape index (κ1) is 65.6. The van der Waals surface area contributed by atoms with Crippen LogP contribution in [0.1, 0.15) is 74.4 Å². The number of fused-ring (bicyclic) bond motifs is 8. The van der Waals surface area contributed by atoms with Crippen LogP contribution in [-0.4, -0.2) is 105 Å². The number of nitrogens with one attached hydrogen (secondary N) is 8. The molecular formula is C74H62F6N20O. The molecule has 16 aromatic rings. The number of aromatic amines is 4. The number of halogens is 6. The summed E-state index contributed by atoms with van der Waals surface area (Å²) in [7, 11) is 0. The van der Waals surface area contributed by atoms with Crippen molar-refractivity contribution in [2.75, 3.05) is 34.4 Å². The number of rotatable bonds is 12. The number of likely N-dealkylation sites (tertiary alicyclic amines) is 1. The summed E-state index contributed by atoms with van der Waals surface area (Å²) in [5.74, 6) is -0.202. The van der Waals surface area contributed by atoms with Gasteiger partial charge in [-0.15, -0.1) is 0 Å². The molecule has 6 aromatic carbocycles. The molecule has 1 aliphatic heterocycles. The number of pyridine rings is 5. The summed E-state index contributed by atoms with van der Waals surface area (Å²) >= 11 is 0. The Balaban J connectivity index is 0.000000115. The maximum absolute atomic E-state index is 14.3. The molecule has 1 saturated heterocycles. The van der Waals surface area contributed by atoms with Crippen molar-refractivity contribution in [1.29, 1.82) is 0 Å². The van der Waals surface area contributed by atoms with Crippen molar-refractivity contribution in [3.8, 4) is 0 Å². The zero-order valence-corrected chi connectivity index (χ0v) is 54.5. The lowest BCUT2D eigenvalue weighted by Gasteiger charge is -2.34. The topological polar surface area (TPSA) is 273 Å². The van der Waals surface area contributed by atoms with Gasteiger partial charge in [-0.2, -0.15) is 29.2 Å². The molecule has 8 N–H and O–H groups in total. The van der Waals surface area contributed by atoms with E-state index in [2.05, 4.69) is 96.9 Å². The van der Waals surface area contributed by atoms with E-state index in [1.165, 1.54) is 26.2 Å². The third-order valence-corrected chi connectivity index (χ3v) is 17.1. The number of hydrogen-bond acceptors (Lipinski definition) is 16.